The van der Waals surface area contributed by atoms with E-state index in [2.05, 4.69) is 0 Å². The SMILES string of the molecule is Cc1ccc(C=CC(=O)N2CCC(C3CCOCC3)CC2)o1. The molecule has 1 aromatic heterocycles. The molecule has 120 valence electrons. The quantitative estimate of drug-likeness (QED) is 0.805. The second-order valence-corrected chi connectivity index (χ2v) is 6.39. The maximum atomic E-state index is 12.2. The first kappa shape index (κ1) is 15.3. The molecule has 4 nitrogen and oxygen atoms in total. The van der Waals surface area contributed by atoms with Gasteiger partial charge in [-0.25, -0.2) is 0 Å². The first-order valence-corrected chi connectivity index (χ1v) is 8.33. The fraction of sp³-hybridized carbons (Fsp3) is 0.611. The van der Waals surface area contributed by atoms with Crippen molar-refractivity contribution in [3.05, 3.63) is 29.7 Å². The number of amides is 1. The van der Waals surface area contributed by atoms with Crippen LogP contribution < -0.4 is 0 Å². The summed E-state index contributed by atoms with van der Waals surface area (Å²) < 4.78 is 10.9. The summed E-state index contributed by atoms with van der Waals surface area (Å²) in [5, 5.41) is 0. The molecule has 22 heavy (non-hydrogen) atoms. The summed E-state index contributed by atoms with van der Waals surface area (Å²) in [7, 11) is 0. The summed E-state index contributed by atoms with van der Waals surface area (Å²) in [5.74, 6) is 3.27. The lowest BCUT2D eigenvalue weighted by atomic mass is 9.80. The average Bonchev–Trinajstić information content (AvgIpc) is 2.99. The summed E-state index contributed by atoms with van der Waals surface area (Å²) in [6.45, 7) is 5.48. The third kappa shape index (κ3) is 3.80. The molecule has 0 aromatic carbocycles. The van der Waals surface area contributed by atoms with E-state index in [1.165, 1.54) is 12.8 Å². The van der Waals surface area contributed by atoms with Crippen molar-refractivity contribution in [2.24, 2.45) is 11.8 Å². The highest BCUT2D eigenvalue weighted by Gasteiger charge is 2.28. The number of carbonyl (C=O) groups excluding carboxylic acids is 1. The molecule has 0 unspecified atom stereocenters. The van der Waals surface area contributed by atoms with Crippen LogP contribution in [0.2, 0.25) is 0 Å². The van der Waals surface area contributed by atoms with Gasteiger partial charge in [-0.05, 0) is 62.7 Å². The van der Waals surface area contributed by atoms with E-state index in [-0.39, 0.29) is 5.91 Å². The van der Waals surface area contributed by atoms with Gasteiger partial charge in [-0.1, -0.05) is 0 Å². The lowest BCUT2D eigenvalue weighted by Gasteiger charge is -2.37. The molecule has 2 fully saturated rings. The number of likely N-dealkylation sites (tertiary alicyclic amines) is 1. The third-order valence-corrected chi connectivity index (χ3v) is 4.94. The molecular weight excluding hydrogens is 278 g/mol. The van der Waals surface area contributed by atoms with Crippen LogP contribution >= 0.6 is 0 Å². The monoisotopic (exact) mass is 303 g/mol. The van der Waals surface area contributed by atoms with Gasteiger partial charge in [0.1, 0.15) is 11.5 Å². The Kier molecular flexibility index (Phi) is 4.98. The second kappa shape index (κ2) is 7.14. The molecule has 3 rings (SSSR count). The van der Waals surface area contributed by atoms with E-state index < -0.39 is 0 Å². The first-order valence-electron chi connectivity index (χ1n) is 8.33. The lowest BCUT2D eigenvalue weighted by molar-refractivity contribution is -0.127. The van der Waals surface area contributed by atoms with Crippen molar-refractivity contribution in [1.82, 2.24) is 4.90 Å². The molecule has 1 amide bonds. The highest BCUT2D eigenvalue weighted by atomic mass is 16.5. The Balaban J connectivity index is 1.48. The number of ether oxygens (including phenoxy) is 1. The normalized spacial score (nSPS) is 21.6. The molecule has 0 saturated carbocycles. The van der Waals surface area contributed by atoms with Crippen molar-refractivity contribution in [2.45, 2.75) is 32.6 Å². The number of furan rings is 1. The van der Waals surface area contributed by atoms with Crippen molar-refractivity contribution in [2.75, 3.05) is 26.3 Å². The Morgan fingerprint density at radius 3 is 2.45 bits per heavy atom. The number of nitrogens with zero attached hydrogens (tertiary/aromatic N) is 1. The molecule has 1 aromatic rings. The number of aryl methyl sites for hydroxylation is 1. The Morgan fingerprint density at radius 2 is 1.82 bits per heavy atom. The van der Waals surface area contributed by atoms with Gasteiger partial charge < -0.3 is 14.1 Å². The molecule has 3 heterocycles. The van der Waals surface area contributed by atoms with Gasteiger partial charge in [0, 0.05) is 32.4 Å². The van der Waals surface area contributed by atoms with Gasteiger partial charge in [0.05, 0.1) is 0 Å². The smallest absolute Gasteiger partial charge is 0.246 e. The van der Waals surface area contributed by atoms with E-state index in [0.717, 1.165) is 62.5 Å². The van der Waals surface area contributed by atoms with Gasteiger partial charge in [-0.3, -0.25) is 4.79 Å². The number of hydrogen-bond donors (Lipinski definition) is 0. The number of hydrogen-bond acceptors (Lipinski definition) is 3. The predicted molar refractivity (Wildman–Crippen MR) is 85.3 cm³/mol. The molecule has 2 aliphatic heterocycles. The standard InChI is InChI=1S/C18H25NO3/c1-14-2-3-17(22-14)4-5-18(20)19-10-6-15(7-11-19)16-8-12-21-13-9-16/h2-5,15-16H,6-13H2,1H3. The lowest BCUT2D eigenvalue weighted by Crippen LogP contribution is -2.40. The van der Waals surface area contributed by atoms with Crippen LogP contribution in [0.25, 0.3) is 6.08 Å². The van der Waals surface area contributed by atoms with Crippen LogP contribution in [0.4, 0.5) is 0 Å². The van der Waals surface area contributed by atoms with Crippen molar-refractivity contribution >= 4 is 12.0 Å². The van der Waals surface area contributed by atoms with Crippen LogP contribution in [-0.4, -0.2) is 37.1 Å². The Labute approximate surface area is 132 Å². The van der Waals surface area contributed by atoms with Crippen LogP contribution in [0.5, 0.6) is 0 Å². The minimum atomic E-state index is 0.0967. The predicted octanol–water partition coefficient (Wildman–Crippen LogP) is 3.27. The zero-order valence-corrected chi connectivity index (χ0v) is 13.3. The number of rotatable bonds is 3. The largest absolute Gasteiger partial charge is 0.462 e. The molecule has 0 bridgehead atoms. The maximum absolute atomic E-state index is 12.2. The minimum Gasteiger partial charge on any atom is -0.462 e. The van der Waals surface area contributed by atoms with E-state index in [1.807, 2.05) is 24.0 Å². The zero-order valence-electron chi connectivity index (χ0n) is 13.3. The summed E-state index contributed by atoms with van der Waals surface area (Å²) in [6, 6.07) is 3.79. The topological polar surface area (TPSA) is 42.7 Å². The number of piperidine rings is 1. The van der Waals surface area contributed by atoms with Gasteiger partial charge >= 0.3 is 0 Å². The molecule has 2 saturated heterocycles. The molecule has 2 aliphatic rings. The fourth-order valence-electron chi connectivity index (χ4n) is 3.58. The summed E-state index contributed by atoms with van der Waals surface area (Å²) in [5.41, 5.74) is 0. The summed E-state index contributed by atoms with van der Waals surface area (Å²) >= 11 is 0. The van der Waals surface area contributed by atoms with Crippen molar-refractivity contribution in [3.63, 3.8) is 0 Å². The van der Waals surface area contributed by atoms with Crippen LogP contribution in [0, 0.1) is 18.8 Å². The van der Waals surface area contributed by atoms with Crippen LogP contribution in [-0.2, 0) is 9.53 Å². The molecule has 0 spiro atoms. The zero-order chi connectivity index (χ0) is 15.4. The maximum Gasteiger partial charge on any atom is 0.246 e. The fourth-order valence-corrected chi connectivity index (χ4v) is 3.58. The van der Waals surface area contributed by atoms with E-state index in [4.69, 9.17) is 9.15 Å². The van der Waals surface area contributed by atoms with Gasteiger partial charge in [-0.2, -0.15) is 0 Å². The van der Waals surface area contributed by atoms with Crippen molar-refractivity contribution in [3.8, 4) is 0 Å². The highest BCUT2D eigenvalue weighted by Crippen LogP contribution is 2.31. The van der Waals surface area contributed by atoms with Crippen LogP contribution in [0.3, 0.4) is 0 Å². The van der Waals surface area contributed by atoms with Gasteiger partial charge in [0.15, 0.2) is 0 Å². The first-order chi connectivity index (χ1) is 10.7. The van der Waals surface area contributed by atoms with Gasteiger partial charge in [0.2, 0.25) is 5.91 Å². The number of carbonyl (C=O) groups is 1. The van der Waals surface area contributed by atoms with Gasteiger partial charge in [0.25, 0.3) is 0 Å². The summed E-state index contributed by atoms with van der Waals surface area (Å²) in [6.07, 6.45) is 8.04. The summed E-state index contributed by atoms with van der Waals surface area (Å²) in [4.78, 5) is 14.2. The van der Waals surface area contributed by atoms with E-state index in [1.54, 1.807) is 12.2 Å². The van der Waals surface area contributed by atoms with E-state index >= 15 is 0 Å². The van der Waals surface area contributed by atoms with Crippen molar-refractivity contribution in [1.29, 1.82) is 0 Å². The van der Waals surface area contributed by atoms with Gasteiger partial charge in [-0.15, -0.1) is 0 Å². The molecule has 0 atom stereocenters. The highest BCUT2D eigenvalue weighted by molar-refractivity contribution is 5.91. The van der Waals surface area contributed by atoms with Crippen LogP contribution in [0.1, 0.15) is 37.2 Å². The van der Waals surface area contributed by atoms with Crippen molar-refractivity contribution < 1.29 is 13.9 Å². The minimum absolute atomic E-state index is 0.0967. The molecule has 0 aliphatic carbocycles. The van der Waals surface area contributed by atoms with E-state index in [0.29, 0.717) is 0 Å². The molecule has 0 radical (unpaired) electrons. The Bertz CT molecular complexity index is 520. The molecule has 0 N–H and O–H groups in total. The second-order valence-electron chi connectivity index (χ2n) is 6.39. The third-order valence-electron chi connectivity index (χ3n) is 4.94. The Hall–Kier alpha value is -1.55. The molecule has 4 heteroatoms. The molecular formula is C18H25NO3. The van der Waals surface area contributed by atoms with Crippen LogP contribution in [0.15, 0.2) is 22.6 Å². The Morgan fingerprint density at radius 1 is 1.14 bits per heavy atom. The average molecular weight is 303 g/mol. The van der Waals surface area contributed by atoms with E-state index in [9.17, 15) is 4.79 Å².